The average molecular weight is 1900 g/mol. The Morgan fingerprint density at radius 3 is 0.640 bits per heavy atom. The minimum absolute atomic E-state index is 1.20. The van der Waals surface area contributed by atoms with Crippen LogP contribution >= 0.6 is 0 Å². The minimum atomic E-state index is 1.20. The van der Waals surface area contributed by atoms with Crippen molar-refractivity contribution in [1.82, 2.24) is 0 Å². The van der Waals surface area contributed by atoms with Crippen molar-refractivity contribution < 1.29 is 0 Å². The van der Waals surface area contributed by atoms with E-state index in [-0.39, 0.29) is 0 Å². The summed E-state index contributed by atoms with van der Waals surface area (Å²) < 4.78 is 0. The Hall–Kier alpha value is -19.5. The molecule has 0 nitrogen and oxygen atoms in total. The predicted octanol–water partition coefficient (Wildman–Crippen LogP) is 42.2. The van der Waals surface area contributed by atoms with E-state index in [0.717, 1.165) is 0 Å². The van der Waals surface area contributed by atoms with Gasteiger partial charge in [0.05, 0.1) is 0 Å². The molecule has 0 heterocycles. The molecule has 0 amide bonds. The van der Waals surface area contributed by atoms with Crippen LogP contribution in [0.5, 0.6) is 0 Å². The van der Waals surface area contributed by atoms with E-state index in [0.29, 0.717) is 0 Å². The Morgan fingerprint density at radius 1 is 0.0667 bits per heavy atom. The summed E-state index contributed by atoms with van der Waals surface area (Å²) in [6.45, 7) is 0. The molecule has 0 aliphatic carbocycles. The second-order valence-corrected chi connectivity index (χ2v) is 39.4. The summed E-state index contributed by atoms with van der Waals surface area (Å²) >= 11 is 0. The molecule has 0 spiro atoms. The zero-order chi connectivity index (χ0) is 99.3. The van der Waals surface area contributed by atoms with Gasteiger partial charge in [0.25, 0.3) is 0 Å². The second kappa shape index (κ2) is 38.9. The monoisotopic (exact) mass is 1900 g/mol. The van der Waals surface area contributed by atoms with Gasteiger partial charge in [-0.25, -0.2) is 0 Å². The van der Waals surface area contributed by atoms with Crippen LogP contribution in [-0.4, -0.2) is 0 Å². The van der Waals surface area contributed by atoms with Gasteiger partial charge in [-0.1, -0.05) is 552 Å². The SMILES string of the molecule is c1cc(-c2ccc3ccccc3c2)cc(-c2c3ccccc3c(-c3cccc4ccccc34)c3ccc(-c4ccc(-c5cccc6ccccc56)cc4)cc23)c1.c1ccc(-c2c3ccccc3c(-c3ccccc3)c3cc(-c4cccc(-c5cccc6ccccc56)c4)ccc23)cc1.c1ccc(-c2cccc(-c3c4ccccc4c(-c4cccc5ccccc45)c4ccc(-c5ccc(-c6cccc7ccccc67)cc5)cc34)c2)cc1. The van der Waals surface area contributed by atoms with Crippen molar-refractivity contribution in [3.63, 3.8) is 0 Å². The zero-order valence-corrected chi connectivity index (χ0v) is 82.6. The number of hydrogen-bond donors (Lipinski definition) is 0. The van der Waals surface area contributed by atoms with Gasteiger partial charge in [0.15, 0.2) is 0 Å². The molecule has 0 saturated carbocycles. The molecule has 0 saturated heterocycles. The van der Waals surface area contributed by atoms with Gasteiger partial charge in [0.1, 0.15) is 0 Å². The van der Waals surface area contributed by atoms with Crippen LogP contribution in [0.4, 0.5) is 0 Å². The molecule has 29 rings (SSSR count). The first-order valence-corrected chi connectivity index (χ1v) is 52.0. The number of benzene rings is 29. The van der Waals surface area contributed by atoms with E-state index in [1.807, 2.05) is 0 Å². The summed E-state index contributed by atoms with van der Waals surface area (Å²) in [4.78, 5) is 0. The van der Waals surface area contributed by atoms with Crippen LogP contribution in [0.15, 0.2) is 595 Å². The molecule has 29 aromatic rings. The van der Waals surface area contributed by atoms with Gasteiger partial charge in [-0.05, 0) is 328 Å². The van der Waals surface area contributed by atoms with Gasteiger partial charge >= 0.3 is 0 Å². The van der Waals surface area contributed by atoms with Gasteiger partial charge < -0.3 is 0 Å². The Bertz CT molecular complexity index is 10300. The lowest BCUT2D eigenvalue weighted by Crippen LogP contribution is -1.93. The third kappa shape index (κ3) is 16.5. The highest BCUT2D eigenvalue weighted by Gasteiger charge is 2.25. The summed E-state index contributed by atoms with van der Waals surface area (Å²) in [7, 11) is 0. The van der Waals surface area contributed by atoms with Crippen molar-refractivity contribution in [2.24, 2.45) is 0 Å². The molecule has 0 aliphatic rings. The Kier molecular flexibility index (Phi) is 23.2. The standard InChI is InChI=1S/C56H36.C52H34.C42H28/c1-2-15-42-34-44(31-28-37(42)12-1)43-18-9-19-46(35-43)55-51-22-7-8-23-52(51)56(50-25-11-17-40-14-4-6-21-49(40)50)53-33-32-45(36-54(53)55)38-26-29-41(30-27-38)48-24-10-16-39-13-3-5-20-47(39)48;1-2-13-35(14-3-1)40-19-10-20-42(33-40)51-47-23-8-9-24-48(47)52(46-26-12-18-38-16-5-7-22-45(38)46)49-32-31-41(34-50(49)51)36-27-29-39(30-28-36)44-25-11-17-37-15-4-6-21-43(37)44;1-3-14-30(15-4-1)41-37-22-9-10-23-38(37)42(31-16-5-2-6-17-31)40-28-33(25-26-39(40)41)32-19-11-20-34(27-32)36-24-12-18-29-13-7-8-21-35(29)36/h1-36H;1-34H;1-28H. The molecule has 0 unspecified atom stereocenters. The molecular weight excluding hydrogens is 1800 g/mol. The number of fused-ring (bicyclic) bond motifs is 12. The van der Waals surface area contributed by atoms with Crippen LogP contribution in [0, 0.1) is 0 Å². The number of rotatable bonds is 14. The van der Waals surface area contributed by atoms with E-state index in [1.54, 1.807) is 0 Å². The van der Waals surface area contributed by atoms with Crippen molar-refractivity contribution >= 4 is 129 Å². The quantitative estimate of drug-likeness (QED) is 0.0952. The fraction of sp³-hybridized carbons (Fsp3) is 0. The largest absolute Gasteiger partial charge is 0.0622 e. The van der Waals surface area contributed by atoms with Crippen LogP contribution in [0.3, 0.4) is 0 Å². The topological polar surface area (TPSA) is 0 Å². The van der Waals surface area contributed by atoms with Crippen LogP contribution in [0.2, 0.25) is 0 Å². The zero-order valence-electron chi connectivity index (χ0n) is 82.6. The molecule has 0 atom stereocenters. The van der Waals surface area contributed by atoms with Gasteiger partial charge in [-0.15, -0.1) is 0 Å². The maximum atomic E-state index is 2.43. The molecule has 0 heteroatoms. The molecule has 698 valence electrons. The molecular formula is C150H98. The highest BCUT2D eigenvalue weighted by molar-refractivity contribution is 6.27. The molecule has 29 aromatic carbocycles. The first kappa shape index (κ1) is 89.4. The average Bonchev–Trinajstić information content (AvgIpc) is 0.732. The Balaban J connectivity index is 0.000000112. The lowest BCUT2D eigenvalue weighted by molar-refractivity contribution is 1.60. The van der Waals surface area contributed by atoms with E-state index in [1.165, 1.54) is 285 Å². The van der Waals surface area contributed by atoms with Gasteiger partial charge in [0, 0.05) is 0 Å². The van der Waals surface area contributed by atoms with Gasteiger partial charge in [0.2, 0.25) is 0 Å². The lowest BCUT2D eigenvalue weighted by Gasteiger charge is -2.20. The summed E-state index contributed by atoms with van der Waals surface area (Å²) in [6.07, 6.45) is 0. The Morgan fingerprint density at radius 2 is 0.260 bits per heavy atom. The third-order valence-electron chi connectivity index (χ3n) is 30.7. The van der Waals surface area contributed by atoms with Crippen LogP contribution in [0.25, 0.3) is 285 Å². The van der Waals surface area contributed by atoms with Crippen LogP contribution in [-0.2, 0) is 0 Å². The highest BCUT2D eigenvalue weighted by Crippen LogP contribution is 2.53. The molecule has 0 fully saturated rings. The fourth-order valence-electron chi connectivity index (χ4n) is 23.7. The minimum Gasteiger partial charge on any atom is -0.0622 e. The second-order valence-electron chi connectivity index (χ2n) is 39.4. The normalized spacial score (nSPS) is 11.5. The molecule has 0 radical (unpaired) electrons. The van der Waals surface area contributed by atoms with Crippen molar-refractivity contribution in [2.45, 2.75) is 0 Å². The van der Waals surface area contributed by atoms with E-state index < -0.39 is 0 Å². The lowest BCUT2D eigenvalue weighted by atomic mass is 9.83. The van der Waals surface area contributed by atoms with Crippen LogP contribution in [0.1, 0.15) is 0 Å². The first-order valence-electron chi connectivity index (χ1n) is 52.0. The molecule has 0 bridgehead atoms. The van der Waals surface area contributed by atoms with E-state index in [4.69, 9.17) is 0 Å². The van der Waals surface area contributed by atoms with Gasteiger partial charge in [-0.3, -0.25) is 0 Å². The van der Waals surface area contributed by atoms with E-state index >= 15 is 0 Å². The molecule has 150 heavy (non-hydrogen) atoms. The summed E-state index contributed by atoms with van der Waals surface area (Å²) in [5, 5.41) is 30.3. The molecule has 0 aromatic heterocycles. The molecule has 0 aliphatic heterocycles. The first-order chi connectivity index (χ1) is 74.4. The summed E-state index contributed by atoms with van der Waals surface area (Å²) in [6, 6.07) is 218. The van der Waals surface area contributed by atoms with Crippen LogP contribution < -0.4 is 0 Å². The van der Waals surface area contributed by atoms with Crippen molar-refractivity contribution in [2.75, 3.05) is 0 Å². The van der Waals surface area contributed by atoms with E-state index in [2.05, 4.69) is 595 Å². The summed E-state index contributed by atoms with van der Waals surface area (Å²) in [5.41, 5.74) is 34.7. The molecule has 0 N–H and O–H groups in total. The predicted molar refractivity (Wildman–Crippen MR) is 646 cm³/mol. The Labute approximate surface area is 873 Å². The van der Waals surface area contributed by atoms with E-state index in [9.17, 15) is 0 Å². The smallest absolute Gasteiger partial charge is 0.00201 e. The number of hydrogen-bond acceptors (Lipinski definition) is 0. The maximum absolute atomic E-state index is 2.43. The summed E-state index contributed by atoms with van der Waals surface area (Å²) in [5.74, 6) is 0. The van der Waals surface area contributed by atoms with Gasteiger partial charge in [-0.2, -0.15) is 0 Å². The van der Waals surface area contributed by atoms with Crippen molar-refractivity contribution in [3.8, 4) is 156 Å². The van der Waals surface area contributed by atoms with Crippen molar-refractivity contribution in [3.05, 3.63) is 595 Å². The third-order valence-corrected chi connectivity index (χ3v) is 30.7. The highest BCUT2D eigenvalue weighted by atomic mass is 14.3. The fourth-order valence-corrected chi connectivity index (χ4v) is 23.7. The van der Waals surface area contributed by atoms with Crippen molar-refractivity contribution in [1.29, 1.82) is 0 Å². The maximum Gasteiger partial charge on any atom is -0.00201 e.